The molecule has 3 aromatic rings. The third-order valence-electron chi connectivity index (χ3n) is 4.01. The van der Waals surface area contributed by atoms with Crippen LogP contribution >= 0.6 is 0 Å². The first-order valence-electron chi connectivity index (χ1n) is 8.19. The fraction of sp³-hybridized carbons (Fsp3) is 0.190. The third-order valence-corrected chi connectivity index (χ3v) is 4.01. The van der Waals surface area contributed by atoms with Crippen molar-refractivity contribution in [3.63, 3.8) is 0 Å². The van der Waals surface area contributed by atoms with Crippen molar-refractivity contribution in [3.8, 4) is 0 Å². The fourth-order valence-electron chi connectivity index (χ4n) is 2.83. The number of likely N-dealkylation sites (N-methyl/N-ethyl adjacent to an activating group) is 1. The largest absolute Gasteiger partial charge is 0.367 e. The van der Waals surface area contributed by atoms with E-state index in [-0.39, 0.29) is 12.5 Å². The SMILES string of the molecule is CCN(C(=O)COCc1ccccc1)c1cccc2ccccc12. The second-order valence-corrected chi connectivity index (χ2v) is 5.61. The molecule has 0 bridgehead atoms. The molecule has 0 aromatic heterocycles. The van der Waals surface area contributed by atoms with Gasteiger partial charge >= 0.3 is 0 Å². The average Bonchev–Trinajstić information content (AvgIpc) is 2.63. The second kappa shape index (κ2) is 7.75. The molecule has 3 rings (SSSR count). The van der Waals surface area contributed by atoms with Crippen molar-refractivity contribution in [2.75, 3.05) is 18.1 Å². The Labute approximate surface area is 142 Å². The highest BCUT2D eigenvalue weighted by Crippen LogP contribution is 2.26. The lowest BCUT2D eigenvalue weighted by molar-refractivity contribution is -0.123. The van der Waals surface area contributed by atoms with Gasteiger partial charge in [0.1, 0.15) is 6.61 Å². The lowest BCUT2D eigenvalue weighted by Crippen LogP contribution is -2.34. The maximum absolute atomic E-state index is 12.6. The van der Waals surface area contributed by atoms with Gasteiger partial charge in [0.05, 0.1) is 12.3 Å². The van der Waals surface area contributed by atoms with E-state index in [2.05, 4.69) is 12.1 Å². The first kappa shape index (κ1) is 16.2. The van der Waals surface area contributed by atoms with Crippen LogP contribution in [-0.2, 0) is 16.1 Å². The van der Waals surface area contributed by atoms with Crippen LogP contribution in [0.2, 0.25) is 0 Å². The number of ether oxygens (including phenoxy) is 1. The summed E-state index contributed by atoms with van der Waals surface area (Å²) in [6, 6.07) is 24.0. The van der Waals surface area contributed by atoms with E-state index in [0.717, 1.165) is 22.0 Å². The van der Waals surface area contributed by atoms with Crippen LogP contribution in [0.4, 0.5) is 5.69 Å². The van der Waals surface area contributed by atoms with Crippen molar-refractivity contribution in [3.05, 3.63) is 78.4 Å². The molecular weight excluding hydrogens is 298 g/mol. The molecule has 0 unspecified atom stereocenters. The Kier molecular flexibility index (Phi) is 5.24. The van der Waals surface area contributed by atoms with Crippen LogP contribution < -0.4 is 4.90 Å². The molecule has 24 heavy (non-hydrogen) atoms. The van der Waals surface area contributed by atoms with E-state index in [1.807, 2.05) is 67.6 Å². The van der Waals surface area contributed by atoms with Gasteiger partial charge in [-0.1, -0.05) is 66.7 Å². The Morgan fingerprint density at radius 2 is 1.62 bits per heavy atom. The van der Waals surface area contributed by atoms with Crippen LogP contribution in [0.5, 0.6) is 0 Å². The van der Waals surface area contributed by atoms with E-state index < -0.39 is 0 Å². The van der Waals surface area contributed by atoms with E-state index in [1.54, 1.807) is 4.90 Å². The number of carbonyl (C=O) groups excluding carboxylic acids is 1. The van der Waals surface area contributed by atoms with Gasteiger partial charge in [-0.2, -0.15) is 0 Å². The smallest absolute Gasteiger partial charge is 0.252 e. The molecule has 122 valence electrons. The molecule has 0 aliphatic heterocycles. The van der Waals surface area contributed by atoms with Crippen molar-refractivity contribution in [1.82, 2.24) is 0 Å². The predicted octanol–water partition coefficient (Wildman–Crippen LogP) is 4.41. The predicted molar refractivity (Wildman–Crippen MR) is 98.1 cm³/mol. The van der Waals surface area contributed by atoms with Crippen LogP contribution in [0.1, 0.15) is 12.5 Å². The first-order valence-corrected chi connectivity index (χ1v) is 8.19. The summed E-state index contributed by atoms with van der Waals surface area (Å²) in [4.78, 5) is 14.4. The van der Waals surface area contributed by atoms with Gasteiger partial charge in [-0.15, -0.1) is 0 Å². The van der Waals surface area contributed by atoms with Crippen LogP contribution in [0, 0.1) is 0 Å². The Hall–Kier alpha value is -2.65. The zero-order valence-corrected chi connectivity index (χ0v) is 13.8. The molecule has 0 atom stereocenters. The van der Waals surface area contributed by atoms with Crippen molar-refractivity contribution in [2.24, 2.45) is 0 Å². The number of fused-ring (bicyclic) bond motifs is 1. The molecule has 0 radical (unpaired) electrons. The standard InChI is InChI=1S/C21H21NO2/c1-2-22(20-14-8-12-18-11-6-7-13-19(18)20)21(23)16-24-15-17-9-4-3-5-10-17/h3-14H,2,15-16H2,1H3. The number of amides is 1. The zero-order valence-electron chi connectivity index (χ0n) is 13.8. The van der Waals surface area contributed by atoms with Gasteiger partial charge in [-0.25, -0.2) is 0 Å². The molecule has 0 saturated carbocycles. The van der Waals surface area contributed by atoms with Crippen LogP contribution in [0.25, 0.3) is 10.8 Å². The van der Waals surface area contributed by atoms with Gasteiger partial charge in [-0.3, -0.25) is 4.79 Å². The molecule has 3 aromatic carbocycles. The van der Waals surface area contributed by atoms with E-state index in [4.69, 9.17) is 4.74 Å². The number of carbonyl (C=O) groups is 1. The quantitative estimate of drug-likeness (QED) is 0.673. The second-order valence-electron chi connectivity index (χ2n) is 5.61. The Morgan fingerprint density at radius 1 is 0.917 bits per heavy atom. The summed E-state index contributed by atoms with van der Waals surface area (Å²) in [5, 5.41) is 2.21. The number of hydrogen-bond donors (Lipinski definition) is 0. The van der Waals surface area contributed by atoms with Gasteiger partial charge in [0.15, 0.2) is 0 Å². The highest BCUT2D eigenvalue weighted by molar-refractivity contribution is 6.04. The van der Waals surface area contributed by atoms with E-state index in [1.165, 1.54) is 0 Å². The van der Waals surface area contributed by atoms with Crippen molar-refractivity contribution >= 4 is 22.4 Å². The molecular formula is C21H21NO2. The highest BCUT2D eigenvalue weighted by Gasteiger charge is 2.16. The average molecular weight is 319 g/mol. The Morgan fingerprint density at radius 3 is 2.42 bits per heavy atom. The summed E-state index contributed by atoms with van der Waals surface area (Å²) in [5.41, 5.74) is 2.00. The molecule has 0 N–H and O–H groups in total. The van der Waals surface area contributed by atoms with E-state index in [9.17, 15) is 4.79 Å². The van der Waals surface area contributed by atoms with Gasteiger partial charge in [0.25, 0.3) is 5.91 Å². The Balaban J connectivity index is 1.72. The van der Waals surface area contributed by atoms with Gasteiger partial charge in [-0.05, 0) is 23.9 Å². The molecule has 0 spiro atoms. The fourth-order valence-corrected chi connectivity index (χ4v) is 2.83. The van der Waals surface area contributed by atoms with Gasteiger partial charge in [0, 0.05) is 11.9 Å². The minimum Gasteiger partial charge on any atom is -0.367 e. The maximum atomic E-state index is 12.6. The number of nitrogens with zero attached hydrogens (tertiary/aromatic N) is 1. The molecule has 3 nitrogen and oxygen atoms in total. The molecule has 3 heteroatoms. The number of anilines is 1. The van der Waals surface area contributed by atoms with Crippen molar-refractivity contribution < 1.29 is 9.53 Å². The lowest BCUT2D eigenvalue weighted by atomic mass is 10.1. The third kappa shape index (κ3) is 3.63. The molecule has 1 amide bonds. The minimum atomic E-state index is -0.0233. The van der Waals surface area contributed by atoms with Crippen LogP contribution in [0.3, 0.4) is 0 Å². The summed E-state index contributed by atoms with van der Waals surface area (Å²) >= 11 is 0. The summed E-state index contributed by atoms with van der Waals surface area (Å²) in [7, 11) is 0. The number of hydrogen-bond acceptors (Lipinski definition) is 2. The van der Waals surface area contributed by atoms with Crippen molar-refractivity contribution in [1.29, 1.82) is 0 Å². The minimum absolute atomic E-state index is 0.0233. The zero-order chi connectivity index (χ0) is 16.8. The number of rotatable bonds is 6. The van der Waals surface area contributed by atoms with Crippen LogP contribution in [-0.4, -0.2) is 19.1 Å². The molecule has 0 aliphatic carbocycles. The molecule has 0 aliphatic rings. The lowest BCUT2D eigenvalue weighted by Gasteiger charge is -2.22. The summed E-state index contributed by atoms with van der Waals surface area (Å²) in [6.45, 7) is 3.12. The number of benzene rings is 3. The van der Waals surface area contributed by atoms with E-state index in [0.29, 0.717) is 13.2 Å². The summed E-state index contributed by atoms with van der Waals surface area (Å²) < 4.78 is 5.61. The van der Waals surface area contributed by atoms with Gasteiger partial charge in [0.2, 0.25) is 0 Å². The Bertz CT molecular complexity index is 809. The monoisotopic (exact) mass is 319 g/mol. The molecule has 0 heterocycles. The topological polar surface area (TPSA) is 29.5 Å². The van der Waals surface area contributed by atoms with Gasteiger partial charge < -0.3 is 9.64 Å². The summed E-state index contributed by atoms with van der Waals surface area (Å²) in [6.07, 6.45) is 0. The van der Waals surface area contributed by atoms with Crippen LogP contribution in [0.15, 0.2) is 72.8 Å². The highest BCUT2D eigenvalue weighted by atomic mass is 16.5. The molecule has 0 fully saturated rings. The molecule has 0 saturated heterocycles. The maximum Gasteiger partial charge on any atom is 0.252 e. The first-order chi connectivity index (χ1) is 11.8. The van der Waals surface area contributed by atoms with Crippen molar-refractivity contribution in [2.45, 2.75) is 13.5 Å². The van der Waals surface area contributed by atoms with E-state index >= 15 is 0 Å². The normalized spacial score (nSPS) is 10.7. The summed E-state index contributed by atoms with van der Waals surface area (Å²) in [5.74, 6) is -0.0233.